The van der Waals surface area contributed by atoms with E-state index in [0.717, 1.165) is 23.2 Å². The van der Waals surface area contributed by atoms with Gasteiger partial charge in [0.05, 0.1) is 0 Å². The van der Waals surface area contributed by atoms with E-state index in [1.54, 1.807) is 12.1 Å². The van der Waals surface area contributed by atoms with Crippen molar-refractivity contribution < 1.29 is 9.21 Å². The van der Waals surface area contributed by atoms with E-state index in [0.29, 0.717) is 11.6 Å². The molecule has 1 heterocycles. The number of nitrogens with zero attached hydrogens (tertiary/aromatic N) is 1. The first kappa shape index (κ1) is 14.8. The van der Waals surface area contributed by atoms with Crippen LogP contribution in [0.3, 0.4) is 0 Å². The molecule has 0 atom stereocenters. The fourth-order valence-electron chi connectivity index (χ4n) is 2.25. The van der Waals surface area contributed by atoms with Crippen molar-refractivity contribution in [3.63, 3.8) is 0 Å². The number of anilines is 2. The van der Waals surface area contributed by atoms with Crippen LogP contribution in [0.1, 0.15) is 23.0 Å². The number of hydrogen-bond donors (Lipinski definition) is 2. The third kappa shape index (κ3) is 3.40. The molecule has 2 aromatic carbocycles. The second-order valence-corrected chi connectivity index (χ2v) is 5.17. The van der Waals surface area contributed by atoms with Crippen LogP contribution in [0.15, 0.2) is 59.2 Å². The van der Waals surface area contributed by atoms with Gasteiger partial charge in [0.25, 0.3) is 5.91 Å². The SMILES string of the molecule is CCc1cccc(NC(=O)c2coc(-c3cccc(N)c3)n2)c1. The fourth-order valence-corrected chi connectivity index (χ4v) is 2.25. The third-order valence-corrected chi connectivity index (χ3v) is 3.46. The molecule has 0 unspecified atom stereocenters. The van der Waals surface area contributed by atoms with Gasteiger partial charge in [0.2, 0.25) is 5.89 Å². The van der Waals surface area contributed by atoms with E-state index in [-0.39, 0.29) is 11.6 Å². The number of aromatic nitrogens is 1. The maximum Gasteiger partial charge on any atom is 0.277 e. The summed E-state index contributed by atoms with van der Waals surface area (Å²) < 4.78 is 5.38. The Balaban J connectivity index is 1.78. The van der Waals surface area contributed by atoms with E-state index in [2.05, 4.69) is 17.2 Å². The van der Waals surface area contributed by atoms with Gasteiger partial charge in [-0.3, -0.25) is 4.79 Å². The molecule has 1 amide bonds. The van der Waals surface area contributed by atoms with Crippen LogP contribution in [-0.2, 0) is 6.42 Å². The van der Waals surface area contributed by atoms with Crippen molar-refractivity contribution in [2.45, 2.75) is 13.3 Å². The number of oxazole rings is 1. The monoisotopic (exact) mass is 307 g/mol. The molecule has 3 N–H and O–H groups in total. The van der Waals surface area contributed by atoms with Gasteiger partial charge in [-0.25, -0.2) is 4.98 Å². The van der Waals surface area contributed by atoms with Crippen LogP contribution >= 0.6 is 0 Å². The largest absolute Gasteiger partial charge is 0.444 e. The topological polar surface area (TPSA) is 81.2 Å². The molecule has 0 aliphatic carbocycles. The highest BCUT2D eigenvalue weighted by Gasteiger charge is 2.14. The number of hydrogen-bond acceptors (Lipinski definition) is 4. The summed E-state index contributed by atoms with van der Waals surface area (Å²) in [4.78, 5) is 16.5. The lowest BCUT2D eigenvalue weighted by atomic mass is 10.1. The number of nitrogens with one attached hydrogen (secondary N) is 1. The Morgan fingerprint density at radius 2 is 2.04 bits per heavy atom. The van der Waals surface area contributed by atoms with Crippen LogP contribution in [0.5, 0.6) is 0 Å². The lowest BCUT2D eigenvalue weighted by molar-refractivity contribution is 0.102. The summed E-state index contributed by atoms with van der Waals surface area (Å²) in [5.74, 6) is 0.0573. The van der Waals surface area contributed by atoms with Gasteiger partial charge in [0, 0.05) is 16.9 Å². The normalized spacial score (nSPS) is 10.5. The van der Waals surface area contributed by atoms with Gasteiger partial charge in [-0.2, -0.15) is 0 Å². The Hall–Kier alpha value is -3.08. The number of carbonyl (C=O) groups excluding carboxylic acids is 1. The molecule has 0 fully saturated rings. The maximum atomic E-state index is 12.3. The van der Waals surface area contributed by atoms with Crippen molar-refractivity contribution in [2.75, 3.05) is 11.1 Å². The fraction of sp³-hybridized carbons (Fsp3) is 0.111. The smallest absolute Gasteiger partial charge is 0.277 e. The van der Waals surface area contributed by atoms with Gasteiger partial charge in [-0.05, 0) is 42.3 Å². The van der Waals surface area contributed by atoms with E-state index < -0.39 is 0 Å². The molecule has 0 saturated heterocycles. The zero-order valence-electron chi connectivity index (χ0n) is 12.7. The summed E-state index contributed by atoms with van der Waals surface area (Å²) in [6, 6.07) is 14.9. The molecule has 0 aliphatic rings. The van der Waals surface area contributed by atoms with Crippen molar-refractivity contribution in [3.8, 4) is 11.5 Å². The molecule has 1 aromatic heterocycles. The summed E-state index contributed by atoms with van der Waals surface area (Å²) in [5, 5.41) is 2.82. The summed E-state index contributed by atoms with van der Waals surface area (Å²) in [6.07, 6.45) is 2.25. The summed E-state index contributed by atoms with van der Waals surface area (Å²) in [5.41, 5.74) is 9.21. The molecule has 5 heteroatoms. The van der Waals surface area contributed by atoms with Gasteiger partial charge in [-0.15, -0.1) is 0 Å². The number of carbonyl (C=O) groups is 1. The number of rotatable bonds is 4. The van der Waals surface area contributed by atoms with Crippen LogP contribution in [0.2, 0.25) is 0 Å². The van der Waals surface area contributed by atoms with Crippen LogP contribution in [0.4, 0.5) is 11.4 Å². The Morgan fingerprint density at radius 1 is 1.22 bits per heavy atom. The first-order valence-electron chi connectivity index (χ1n) is 7.37. The Bertz CT molecular complexity index is 840. The first-order valence-corrected chi connectivity index (χ1v) is 7.37. The van der Waals surface area contributed by atoms with Crippen molar-refractivity contribution in [1.82, 2.24) is 4.98 Å². The highest BCUT2D eigenvalue weighted by atomic mass is 16.3. The molecule has 3 aromatic rings. The molecule has 0 saturated carbocycles. The second-order valence-electron chi connectivity index (χ2n) is 5.17. The van der Waals surface area contributed by atoms with Crippen LogP contribution in [0, 0.1) is 0 Å². The number of amides is 1. The van der Waals surface area contributed by atoms with E-state index >= 15 is 0 Å². The van der Waals surface area contributed by atoms with E-state index in [1.807, 2.05) is 36.4 Å². The minimum atomic E-state index is -0.308. The molecule has 3 rings (SSSR count). The first-order chi connectivity index (χ1) is 11.2. The van der Waals surface area contributed by atoms with E-state index in [1.165, 1.54) is 6.26 Å². The van der Waals surface area contributed by atoms with Crippen LogP contribution in [-0.4, -0.2) is 10.9 Å². The Kier molecular flexibility index (Phi) is 4.10. The van der Waals surface area contributed by atoms with Gasteiger partial charge in [0.1, 0.15) is 6.26 Å². The number of benzene rings is 2. The second kappa shape index (κ2) is 6.36. The number of aryl methyl sites for hydroxylation is 1. The zero-order chi connectivity index (χ0) is 16.2. The van der Waals surface area contributed by atoms with Crippen LogP contribution in [0.25, 0.3) is 11.5 Å². The zero-order valence-corrected chi connectivity index (χ0v) is 12.7. The third-order valence-electron chi connectivity index (χ3n) is 3.46. The highest BCUT2D eigenvalue weighted by molar-refractivity contribution is 6.02. The van der Waals surface area contributed by atoms with Gasteiger partial charge >= 0.3 is 0 Å². The molecule has 116 valence electrons. The van der Waals surface area contributed by atoms with E-state index in [4.69, 9.17) is 10.2 Å². The summed E-state index contributed by atoms with van der Waals surface area (Å²) in [7, 11) is 0. The average molecular weight is 307 g/mol. The summed E-state index contributed by atoms with van der Waals surface area (Å²) >= 11 is 0. The lowest BCUT2D eigenvalue weighted by Gasteiger charge is -2.04. The predicted molar refractivity (Wildman–Crippen MR) is 90.1 cm³/mol. The molecular weight excluding hydrogens is 290 g/mol. The predicted octanol–water partition coefficient (Wildman–Crippen LogP) is 3.74. The minimum absolute atomic E-state index is 0.226. The minimum Gasteiger partial charge on any atom is -0.444 e. The van der Waals surface area contributed by atoms with Crippen molar-refractivity contribution in [3.05, 3.63) is 66.1 Å². The van der Waals surface area contributed by atoms with Crippen LogP contribution < -0.4 is 11.1 Å². The molecule has 0 bridgehead atoms. The molecule has 0 radical (unpaired) electrons. The van der Waals surface area contributed by atoms with Gasteiger partial charge < -0.3 is 15.5 Å². The highest BCUT2D eigenvalue weighted by Crippen LogP contribution is 2.21. The van der Waals surface area contributed by atoms with Crippen molar-refractivity contribution in [1.29, 1.82) is 0 Å². The van der Waals surface area contributed by atoms with Crippen molar-refractivity contribution >= 4 is 17.3 Å². The quantitative estimate of drug-likeness (QED) is 0.719. The lowest BCUT2D eigenvalue weighted by Crippen LogP contribution is -2.12. The number of nitrogen functional groups attached to an aromatic ring is 1. The maximum absolute atomic E-state index is 12.3. The van der Waals surface area contributed by atoms with Crippen molar-refractivity contribution in [2.24, 2.45) is 0 Å². The Labute approximate surface area is 134 Å². The Morgan fingerprint density at radius 3 is 2.83 bits per heavy atom. The van der Waals surface area contributed by atoms with E-state index in [9.17, 15) is 4.79 Å². The standard InChI is InChI=1S/C18H17N3O2/c1-2-12-5-3-8-15(9-12)20-17(22)16-11-23-18(21-16)13-6-4-7-14(19)10-13/h3-11H,2,19H2,1H3,(H,20,22). The van der Waals surface area contributed by atoms with Gasteiger partial charge in [-0.1, -0.05) is 25.1 Å². The molecule has 0 spiro atoms. The summed E-state index contributed by atoms with van der Waals surface area (Å²) in [6.45, 7) is 2.07. The number of nitrogens with two attached hydrogens (primary N) is 1. The molecule has 23 heavy (non-hydrogen) atoms. The average Bonchev–Trinajstić information content (AvgIpc) is 3.05. The molecule has 5 nitrogen and oxygen atoms in total. The molecular formula is C18H17N3O2. The van der Waals surface area contributed by atoms with Gasteiger partial charge in [0.15, 0.2) is 5.69 Å². The molecule has 0 aliphatic heterocycles.